The number of aromatic nitrogens is 1. The molecule has 106 valence electrons. The average molecular weight is 290 g/mol. The van der Waals surface area contributed by atoms with Gasteiger partial charge in [0.05, 0.1) is 11.3 Å². The zero-order chi connectivity index (χ0) is 14.1. The van der Waals surface area contributed by atoms with E-state index in [-0.39, 0.29) is 5.91 Å². The van der Waals surface area contributed by atoms with Gasteiger partial charge < -0.3 is 9.32 Å². The molecular formula is C15H18N2O2S. The van der Waals surface area contributed by atoms with Crippen LogP contribution in [0.15, 0.2) is 22.1 Å². The van der Waals surface area contributed by atoms with Crippen LogP contribution >= 0.6 is 11.3 Å². The average Bonchev–Trinajstić information content (AvgIpc) is 3.07. The van der Waals surface area contributed by atoms with Gasteiger partial charge in [-0.05, 0) is 32.8 Å². The number of carbonyl (C=O) groups is 1. The number of furan rings is 1. The molecular weight excluding hydrogens is 272 g/mol. The highest BCUT2D eigenvalue weighted by Gasteiger charge is 2.28. The molecule has 1 fully saturated rings. The molecule has 4 nitrogen and oxygen atoms in total. The van der Waals surface area contributed by atoms with Gasteiger partial charge in [0.25, 0.3) is 5.91 Å². The van der Waals surface area contributed by atoms with Gasteiger partial charge in [0.15, 0.2) is 5.76 Å². The number of hydrogen-bond donors (Lipinski definition) is 0. The van der Waals surface area contributed by atoms with Crippen LogP contribution in [0.5, 0.6) is 0 Å². The van der Waals surface area contributed by atoms with Crippen molar-refractivity contribution >= 4 is 17.2 Å². The van der Waals surface area contributed by atoms with Crippen LogP contribution in [0.2, 0.25) is 0 Å². The number of hydrogen-bond acceptors (Lipinski definition) is 4. The molecule has 0 saturated carbocycles. The van der Waals surface area contributed by atoms with Crippen LogP contribution in [-0.2, 0) is 0 Å². The first-order valence-corrected chi connectivity index (χ1v) is 7.78. The van der Waals surface area contributed by atoms with Crippen LogP contribution in [0.3, 0.4) is 0 Å². The Morgan fingerprint density at radius 3 is 3.00 bits per heavy atom. The minimum Gasteiger partial charge on any atom is -0.459 e. The highest BCUT2D eigenvalue weighted by molar-refractivity contribution is 7.09. The molecule has 1 saturated heterocycles. The fourth-order valence-corrected chi connectivity index (χ4v) is 3.58. The Balaban J connectivity index is 1.75. The normalized spacial score (nSPS) is 19.3. The first kappa shape index (κ1) is 13.4. The number of thiazole rings is 1. The van der Waals surface area contributed by atoms with Crippen LogP contribution in [0.4, 0.5) is 0 Å². The van der Waals surface area contributed by atoms with Gasteiger partial charge in [-0.25, -0.2) is 4.98 Å². The molecule has 0 aromatic carbocycles. The standard InChI is InChI=1S/C15H18N2O2S/c1-10-5-7-19-13(10)15(18)17-6-3-4-12(8-17)14-16-11(2)9-20-14/h5,7,9,12H,3-4,6,8H2,1-2H3/t12-/m1/s1. The molecule has 0 spiro atoms. The summed E-state index contributed by atoms with van der Waals surface area (Å²) >= 11 is 1.70. The second kappa shape index (κ2) is 5.40. The molecule has 0 unspecified atom stereocenters. The number of piperidine rings is 1. The summed E-state index contributed by atoms with van der Waals surface area (Å²) in [4.78, 5) is 18.9. The van der Waals surface area contributed by atoms with Crippen LogP contribution < -0.4 is 0 Å². The molecule has 0 bridgehead atoms. The molecule has 1 aliphatic heterocycles. The van der Waals surface area contributed by atoms with E-state index in [0.717, 1.165) is 42.2 Å². The largest absolute Gasteiger partial charge is 0.459 e. The van der Waals surface area contributed by atoms with Crippen LogP contribution in [0.25, 0.3) is 0 Å². The first-order chi connectivity index (χ1) is 9.65. The van der Waals surface area contributed by atoms with E-state index >= 15 is 0 Å². The molecule has 1 atom stereocenters. The van der Waals surface area contributed by atoms with Crippen molar-refractivity contribution < 1.29 is 9.21 Å². The lowest BCUT2D eigenvalue weighted by atomic mass is 9.98. The molecule has 20 heavy (non-hydrogen) atoms. The lowest BCUT2D eigenvalue weighted by Crippen LogP contribution is -2.39. The van der Waals surface area contributed by atoms with Crippen molar-refractivity contribution in [3.63, 3.8) is 0 Å². The second-order valence-corrected chi connectivity index (χ2v) is 6.24. The third-order valence-corrected chi connectivity index (χ3v) is 4.88. The summed E-state index contributed by atoms with van der Waals surface area (Å²) in [5.74, 6) is 0.841. The van der Waals surface area contributed by atoms with E-state index in [4.69, 9.17) is 4.42 Å². The summed E-state index contributed by atoms with van der Waals surface area (Å²) in [6.07, 6.45) is 3.71. The quantitative estimate of drug-likeness (QED) is 0.852. The smallest absolute Gasteiger partial charge is 0.289 e. The Labute approximate surface area is 122 Å². The summed E-state index contributed by atoms with van der Waals surface area (Å²) in [5.41, 5.74) is 1.97. The number of amides is 1. The third-order valence-electron chi connectivity index (χ3n) is 3.75. The molecule has 0 aliphatic carbocycles. The SMILES string of the molecule is Cc1csc([C@@H]2CCCN(C(=O)c3occc3C)C2)n1. The van der Waals surface area contributed by atoms with Gasteiger partial charge in [0, 0.05) is 35.6 Å². The van der Waals surface area contributed by atoms with Gasteiger partial charge in [0.1, 0.15) is 0 Å². The number of rotatable bonds is 2. The maximum atomic E-state index is 12.5. The first-order valence-electron chi connectivity index (χ1n) is 6.90. The summed E-state index contributed by atoms with van der Waals surface area (Å²) in [6.45, 7) is 5.46. The maximum Gasteiger partial charge on any atom is 0.289 e. The van der Waals surface area contributed by atoms with Crippen LogP contribution in [0, 0.1) is 13.8 Å². The third kappa shape index (κ3) is 2.50. The van der Waals surface area contributed by atoms with Crippen molar-refractivity contribution in [1.82, 2.24) is 9.88 Å². The predicted octanol–water partition coefficient (Wildman–Crippen LogP) is 3.37. The minimum absolute atomic E-state index is 0.00507. The summed E-state index contributed by atoms with van der Waals surface area (Å²) in [5, 5.41) is 3.23. The molecule has 3 rings (SSSR count). The molecule has 5 heteroatoms. The topological polar surface area (TPSA) is 46.3 Å². The number of nitrogens with zero attached hydrogens (tertiary/aromatic N) is 2. The van der Waals surface area contributed by atoms with Crippen molar-refractivity contribution in [2.45, 2.75) is 32.6 Å². The summed E-state index contributed by atoms with van der Waals surface area (Å²) < 4.78 is 5.32. The molecule has 1 aliphatic rings. The Hall–Kier alpha value is -1.62. The second-order valence-electron chi connectivity index (χ2n) is 5.35. The lowest BCUT2D eigenvalue weighted by Gasteiger charge is -2.31. The Morgan fingerprint density at radius 1 is 1.50 bits per heavy atom. The van der Waals surface area contributed by atoms with Gasteiger partial charge in [-0.15, -0.1) is 11.3 Å². The number of likely N-dealkylation sites (tertiary alicyclic amines) is 1. The van der Waals surface area contributed by atoms with Crippen molar-refractivity contribution in [3.05, 3.63) is 39.7 Å². The molecule has 3 heterocycles. The van der Waals surface area contributed by atoms with E-state index in [2.05, 4.69) is 10.4 Å². The number of aryl methyl sites for hydroxylation is 2. The molecule has 0 radical (unpaired) electrons. The van der Waals surface area contributed by atoms with Crippen LogP contribution in [0.1, 0.15) is 45.6 Å². The van der Waals surface area contributed by atoms with E-state index < -0.39 is 0 Å². The molecule has 0 N–H and O–H groups in total. The van der Waals surface area contributed by atoms with E-state index in [1.54, 1.807) is 17.6 Å². The van der Waals surface area contributed by atoms with E-state index in [1.807, 2.05) is 24.8 Å². The maximum absolute atomic E-state index is 12.5. The zero-order valence-corrected chi connectivity index (χ0v) is 12.6. The van der Waals surface area contributed by atoms with Crippen molar-refractivity contribution in [1.29, 1.82) is 0 Å². The highest BCUT2D eigenvalue weighted by Crippen LogP contribution is 2.30. The van der Waals surface area contributed by atoms with Gasteiger partial charge in [-0.1, -0.05) is 0 Å². The van der Waals surface area contributed by atoms with Crippen molar-refractivity contribution in [3.8, 4) is 0 Å². The Morgan fingerprint density at radius 2 is 2.35 bits per heavy atom. The summed E-state index contributed by atoms with van der Waals surface area (Å²) in [7, 11) is 0. The van der Waals surface area contributed by atoms with Gasteiger partial charge in [-0.3, -0.25) is 4.79 Å². The van der Waals surface area contributed by atoms with E-state index in [1.165, 1.54) is 0 Å². The molecule has 2 aromatic rings. The van der Waals surface area contributed by atoms with Crippen LogP contribution in [-0.4, -0.2) is 28.9 Å². The minimum atomic E-state index is 0.00507. The predicted molar refractivity (Wildman–Crippen MR) is 78.2 cm³/mol. The van der Waals surface area contributed by atoms with Gasteiger partial charge in [-0.2, -0.15) is 0 Å². The summed E-state index contributed by atoms with van der Waals surface area (Å²) in [6, 6.07) is 1.83. The van der Waals surface area contributed by atoms with E-state index in [9.17, 15) is 4.79 Å². The fraction of sp³-hybridized carbons (Fsp3) is 0.467. The molecule has 1 amide bonds. The monoisotopic (exact) mass is 290 g/mol. The molecule has 2 aromatic heterocycles. The fourth-order valence-electron chi connectivity index (χ4n) is 2.66. The van der Waals surface area contributed by atoms with E-state index in [0.29, 0.717) is 11.7 Å². The lowest BCUT2D eigenvalue weighted by molar-refractivity contribution is 0.0674. The van der Waals surface area contributed by atoms with Crippen molar-refractivity contribution in [2.24, 2.45) is 0 Å². The van der Waals surface area contributed by atoms with Crippen molar-refractivity contribution in [2.75, 3.05) is 13.1 Å². The Kier molecular flexibility index (Phi) is 3.61. The van der Waals surface area contributed by atoms with Gasteiger partial charge >= 0.3 is 0 Å². The van der Waals surface area contributed by atoms with Gasteiger partial charge in [0.2, 0.25) is 0 Å². The zero-order valence-electron chi connectivity index (χ0n) is 11.8. The Bertz CT molecular complexity index is 617. The number of carbonyl (C=O) groups excluding carboxylic acids is 1. The highest BCUT2D eigenvalue weighted by atomic mass is 32.1.